The number of aromatic nitrogens is 1. The summed E-state index contributed by atoms with van der Waals surface area (Å²) in [4.78, 5) is 27.5. The van der Waals surface area contributed by atoms with Crippen molar-refractivity contribution in [2.24, 2.45) is 5.73 Å². The van der Waals surface area contributed by atoms with Gasteiger partial charge in [-0.3, -0.25) is 9.59 Å². The van der Waals surface area contributed by atoms with E-state index in [9.17, 15) is 9.18 Å². The van der Waals surface area contributed by atoms with Crippen LogP contribution in [0.15, 0.2) is 65.3 Å². The maximum absolute atomic E-state index is 13.8. The van der Waals surface area contributed by atoms with Crippen molar-refractivity contribution in [3.05, 3.63) is 83.9 Å². The minimum Gasteiger partial charge on any atom is -0.483 e. The van der Waals surface area contributed by atoms with Crippen molar-refractivity contribution in [1.29, 1.82) is 0 Å². The number of rotatable bonds is 8. The molecular weight excluding hydrogens is 425 g/mol. The topological polar surface area (TPSA) is 110 Å². The van der Waals surface area contributed by atoms with Crippen LogP contribution in [-0.2, 0) is 16.0 Å². The van der Waals surface area contributed by atoms with Gasteiger partial charge in [0.05, 0.1) is 0 Å². The Balaban J connectivity index is 0.00000122. The summed E-state index contributed by atoms with van der Waals surface area (Å²) in [6, 6.07) is 5.90. The first kappa shape index (κ1) is 25.7. The van der Waals surface area contributed by atoms with Crippen LogP contribution in [-0.4, -0.2) is 40.0 Å². The fourth-order valence-corrected chi connectivity index (χ4v) is 3.61. The van der Waals surface area contributed by atoms with Crippen molar-refractivity contribution >= 4 is 18.5 Å². The number of nitrogens with two attached hydrogens (primary N) is 1. The molecule has 0 saturated carbocycles. The van der Waals surface area contributed by atoms with Crippen LogP contribution in [0.5, 0.6) is 0 Å². The number of carbonyl (C=O) groups is 2. The van der Waals surface area contributed by atoms with Crippen molar-refractivity contribution in [2.75, 3.05) is 6.54 Å². The number of oxazole rings is 1. The van der Waals surface area contributed by atoms with Crippen molar-refractivity contribution < 1.29 is 23.5 Å². The fraction of sp³-hybridized carbons (Fsp3) is 0.320. The summed E-state index contributed by atoms with van der Waals surface area (Å²) in [5.74, 6) is 0.201. The molecule has 1 aliphatic rings. The van der Waals surface area contributed by atoms with Crippen molar-refractivity contribution in [3.8, 4) is 0 Å². The van der Waals surface area contributed by atoms with Gasteiger partial charge in [-0.15, -0.1) is 0 Å². The first-order chi connectivity index (χ1) is 16.0. The molecule has 1 amide bonds. The first-order valence-corrected chi connectivity index (χ1v) is 10.8. The summed E-state index contributed by atoms with van der Waals surface area (Å²) in [7, 11) is 0. The van der Waals surface area contributed by atoms with Crippen molar-refractivity contribution in [2.45, 2.75) is 44.7 Å². The molecule has 0 radical (unpaired) electrons. The lowest BCUT2D eigenvalue weighted by atomic mass is 10.0. The van der Waals surface area contributed by atoms with Crippen LogP contribution >= 0.6 is 0 Å². The molecule has 0 unspecified atom stereocenters. The molecule has 1 aromatic heterocycles. The van der Waals surface area contributed by atoms with Crippen LogP contribution in [0, 0.1) is 5.82 Å². The minimum atomic E-state index is -0.442. The van der Waals surface area contributed by atoms with E-state index in [2.05, 4.69) is 4.98 Å². The van der Waals surface area contributed by atoms with Gasteiger partial charge in [-0.05, 0) is 43.9 Å². The van der Waals surface area contributed by atoms with Crippen LogP contribution in [0.3, 0.4) is 0 Å². The number of halogens is 1. The van der Waals surface area contributed by atoms with Gasteiger partial charge in [0.15, 0.2) is 0 Å². The Morgan fingerprint density at radius 3 is 2.79 bits per heavy atom. The third-order valence-corrected chi connectivity index (χ3v) is 5.07. The average Bonchev–Trinajstić information content (AvgIpc) is 3.45. The quantitative estimate of drug-likeness (QED) is 0.454. The highest BCUT2D eigenvalue weighted by Crippen LogP contribution is 2.32. The molecule has 7 nitrogen and oxygen atoms in total. The molecule has 2 heterocycles. The molecule has 2 atom stereocenters. The van der Waals surface area contributed by atoms with Crippen LogP contribution in [0.1, 0.15) is 49.4 Å². The van der Waals surface area contributed by atoms with Crippen molar-refractivity contribution in [1.82, 2.24) is 9.88 Å². The molecule has 33 heavy (non-hydrogen) atoms. The van der Waals surface area contributed by atoms with Gasteiger partial charge < -0.3 is 20.2 Å². The van der Waals surface area contributed by atoms with Crippen molar-refractivity contribution in [3.63, 3.8) is 0 Å². The predicted octanol–water partition coefficient (Wildman–Crippen LogP) is 4.28. The zero-order valence-electron chi connectivity index (χ0n) is 18.6. The largest absolute Gasteiger partial charge is 0.483 e. The molecule has 176 valence electrons. The smallest absolute Gasteiger partial charge is 0.290 e. The number of nitrogens with zero attached hydrogens (tertiary/aromatic N) is 2. The second kappa shape index (κ2) is 13.8. The van der Waals surface area contributed by atoms with Gasteiger partial charge in [-0.1, -0.05) is 48.6 Å². The van der Waals surface area contributed by atoms with Gasteiger partial charge in [0.2, 0.25) is 11.8 Å². The van der Waals surface area contributed by atoms with Crippen LogP contribution in [0.4, 0.5) is 4.39 Å². The Bertz CT molecular complexity index is 984. The predicted molar refractivity (Wildman–Crippen MR) is 125 cm³/mol. The number of hydrogen-bond acceptors (Lipinski definition) is 5. The number of carboxylic acid groups (broad SMARTS) is 1. The normalized spacial score (nSPS) is 16.9. The van der Waals surface area contributed by atoms with E-state index in [0.717, 1.165) is 12.8 Å². The van der Waals surface area contributed by atoms with Gasteiger partial charge in [-0.2, -0.15) is 0 Å². The number of hydrogen-bond donors (Lipinski definition) is 2. The Hall–Kier alpha value is -3.52. The third kappa shape index (κ3) is 8.16. The molecule has 2 aromatic rings. The maximum atomic E-state index is 13.8. The molecule has 0 spiro atoms. The van der Waals surface area contributed by atoms with E-state index in [1.54, 1.807) is 29.4 Å². The number of amides is 1. The van der Waals surface area contributed by atoms with Crippen LogP contribution < -0.4 is 5.73 Å². The molecule has 1 fully saturated rings. The van der Waals surface area contributed by atoms with Gasteiger partial charge in [-0.25, -0.2) is 9.37 Å². The van der Waals surface area contributed by atoms with Gasteiger partial charge in [0, 0.05) is 19.0 Å². The highest BCUT2D eigenvalue weighted by Gasteiger charge is 2.33. The lowest BCUT2D eigenvalue weighted by Gasteiger charge is -2.24. The monoisotopic (exact) mass is 455 g/mol. The van der Waals surface area contributed by atoms with Gasteiger partial charge >= 0.3 is 0 Å². The molecule has 1 saturated heterocycles. The second-order valence-corrected chi connectivity index (χ2v) is 7.49. The van der Waals surface area contributed by atoms with Gasteiger partial charge in [0.25, 0.3) is 6.47 Å². The van der Waals surface area contributed by atoms with E-state index in [0.29, 0.717) is 30.1 Å². The van der Waals surface area contributed by atoms with E-state index >= 15 is 0 Å². The number of likely N-dealkylation sites (tertiary alicyclic amines) is 1. The molecule has 0 aliphatic carbocycles. The second-order valence-electron chi connectivity index (χ2n) is 7.49. The molecule has 1 aromatic carbocycles. The van der Waals surface area contributed by atoms with E-state index in [-0.39, 0.29) is 30.7 Å². The fourth-order valence-electron chi connectivity index (χ4n) is 3.61. The standard InChI is InChI=1S/C24H28FN3O2.CH2O2/c1-2-3-4-5-6-11-20-17-30-24(27-20)22-13-9-14-28(22)23(29)16-19(26)15-18-10-7-8-12-21(18)25;2-1-3/h2-8,10-12,17,19,22H,9,13-16,26H2,1H3;1H,(H,2,3)/b3-2-,5-4+,11-6+;/t19-,22+;/m1./s1. The van der Waals surface area contributed by atoms with E-state index < -0.39 is 6.04 Å². The Labute approximate surface area is 193 Å². The Kier molecular flexibility index (Phi) is 10.8. The Morgan fingerprint density at radius 1 is 1.33 bits per heavy atom. The molecule has 3 rings (SSSR count). The molecule has 3 N–H and O–H groups in total. The Morgan fingerprint density at radius 2 is 2.06 bits per heavy atom. The first-order valence-electron chi connectivity index (χ1n) is 10.8. The minimum absolute atomic E-state index is 0.0501. The maximum Gasteiger partial charge on any atom is 0.290 e. The van der Waals surface area contributed by atoms with Crippen LogP contribution in [0.25, 0.3) is 6.08 Å². The molecular formula is C25H30FN3O4. The number of benzene rings is 1. The lowest BCUT2D eigenvalue weighted by Crippen LogP contribution is -2.36. The van der Waals surface area contributed by atoms with Crippen LogP contribution in [0.2, 0.25) is 0 Å². The van der Waals surface area contributed by atoms with E-state index in [4.69, 9.17) is 20.1 Å². The average molecular weight is 456 g/mol. The highest BCUT2D eigenvalue weighted by atomic mass is 19.1. The summed E-state index contributed by atoms with van der Waals surface area (Å²) >= 11 is 0. The zero-order valence-corrected chi connectivity index (χ0v) is 18.6. The van der Waals surface area contributed by atoms with Gasteiger partial charge in [0.1, 0.15) is 23.8 Å². The summed E-state index contributed by atoms with van der Waals surface area (Å²) in [5, 5.41) is 6.89. The SMILES string of the molecule is C\C=C/C=C/C=C/c1coc([C@@H]2CCCN2C(=O)C[C@H](N)Cc2ccccc2F)n1.O=CO. The summed E-state index contributed by atoms with van der Waals surface area (Å²) in [6.07, 6.45) is 15.3. The molecule has 8 heteroatoms. The number of allylic oxidation sites excluding steroid dienone is 5. The summed E-state index contributed by atoms with van der Waals surface area (Å²) in [5.41, 5.74) is 7.39. The molecule has 0 bridgehead atoms. The third-order valence-electron chi connectivity index (χ3n) is 5.07. The zero-order chi connectivity index (χ0) is 24.1. The molecule has 1 aliphatic heterocycles. The summed E-state index contributed by atoms with van der Waals surface area (Å²) < 4.78 is 19.5. The summed E-state index contributed by atoms with van der Waals surface area (Å²) in [6.45, 7) is 2.36. The van der Waals surface area contributed by atoms with E-state index in [1.165, 1.54) is 6.07 Å². The number of carbonyl (C=O) groups excluding carboxylic acids is 1. The highest BCUT2D eigenvalue weighted by molar-refractivity contribution is 5.77. The van der Waals surface area contributed by atoms with E-state index in [1.807, 2.05) is 43.4 Å². The lowest BCUT2D eigenvalue weighted by molar-refractivity contribution is -0.133.